The molecule has 0 aromatic heterocycles. The first-order valence-corrected chi connectivity index (χ1v) is 9.82. The molecule has 0 spiro atoms. The van der Waals surface area contributed by atoms with E-state index in [9.17, 15) is 24.3 Å². The molecule has 3 aliphatic rings. The first-order valence-electron chi connectivity index (χ1n) is 9.82. The fraction of sp³-hybridized carbons (Fsp3) is 0.789. The number of hydrogen-bond donors (Lipinski definition) is 3. The van der Waals surface area contributed by atoms with E-state index in [0.29, 0.717) is 13.0 Å². The highest BCUT2D eigenvalue weighted by Crippen LogP contribution is 2.42. The monoisotopic (exact) mass is 395 g/mol. The zero-order chi connectivity index (χ0) is 20.6. The highest BCUT2D eigenvalue weighted by atomic mass is 16.5. The van der Waals surface area contributed by atoms with Gasteiger partial charge in [-0.1, -0.05) is 6.42 Å². The van der Waals surface area contributed by atoms with Crippen molar-refractivity contribution in [1.29, 1.82) is 0 Å². The van der Waals surface area contributed by atoms with Gasteiger partial charge in [-0.2, -0.15) is 0 Å². The van der Waals surface area contributed by atoms with E-state index in [2.05, 4.69) is 10.6 Å². The normalized spacial score (nSPS) is 31.8. The van der Waals surface area contributed by atoms with Crippen molar-refractivity contribution in [3.05, 3.63) is 0 Å². The fourth-order valence-electron chi connectivity index (χ4n) is 5.12. The minimum atomic E-state index is -1.12. The summed E-state index contributed by atoms with van der Waals surface area (Å²) >= 11 is 0. The van der Waals surface area contributed by atoms with Crippen LogP contribution in [0.2, 0.25) is 0 Å². The number of rotatable bonds is 5. The van der Waals surface area contributed by atoms with Crippen LogP contribution in [0.4, 0.5) is 4.79 Å². The minimum Gasteiger partial charge on any atom is -0.467 e. The molecule has 28 heavy (non-hydrogen) atoms. The lowest BCUT2D eigenvalue weighted by molar-refractivity contribution is -0.146. The Labute approximate surface area is 164 Å². The van der Waals surface area contributed by atoms with Crippen molar-refractivity contribution in [2.45, 2.75) is 63.6 Å². The smallest absolute Gasteiger partial charge is 0.407 e. The Hall–Kier alpha value is -2.32. The summed E-state index contributed by atoms with van der Waals surface area (Å²) in [6, 6.07) is -1.79. The average molecular weight is 395 g/mol. The van der Waals surface area contributed by atoms with E-state index in [-0.39, 0.29) is 29.7 Å². The van der Waals surface area contributed by atoms with E-state index >= 15 is 0 Å². The topological polar surface area (TPSA) is 125 Å². The second-order valence-electron chi connectivity index (χ2n) is 8.83. The van der Waals surface area contributed by atoms with Gasteiger partial charge in [-0.25, -0.2) is 9.59 Å². The lowest BCUT2D eigenvalue weighted by Crippen LogP contribution is -2.53. The van der Waals surface area contributed by atoms with Gasteiger partial charge in [0.05, 0.1) is 7.11 Å². The first-order chi connectivity index (χ1) is 13.1. The van der Waals surface area contributed by atoms with Crippen LogP contribution in [0.25, 0.3) is 0 Å². The van der Waals surface area contributed by atoms with Crippen LogP contribution in [0.15, 0.2) is 0 Å². The predicted octanol–water partition coefficient (Wildman–Crippen LogP) is 0.728. The molecule has 2 heterocycles. The van der Waals surface area contributed by atoms with Crippen LogP contribution >= 0.6 is 0 Å². The fourth-order valence-corrected chi connectivity index (χ4v) is 5.12. The molecule has 9 heteroatoms. The quantitative estimate of drug-likeness (QED) is 0.589. The maximum absolute atomic E-state index is 13.0. The minimum absolute atomic E-state index is 0.0249. The van der Waals surface area contributed by atoms with Gasteiger partial charge in [0.25, 0.3) is 0 Å². The number of carboxylic acid groups (broad SMARTS) is 1. The van der Waals surface area contributed by atoms with E-state index < -0.39 is 36.0 Å². The van der Waals surface area contributed by atoms with E-state index in [1.807, 2.05) is 13.8 Å². The molecule has 0 aromatic rings. The first kappa shape index (κ1) is 20.4. The number of nitrogens with one attached hydrogen (secondary N) is 2. The molecule has 1 aliphatic carbocycles. The zero-order valence-electron chi connectivity index (χ0n) is 16.6. The Bertz CT molecular complexity index is 679. The van der Waals surface area contributed by atoms with Gasteiger partial charge in [0, 0.05) is 18.0 Å². The molecule has 0 bridgehead atoms. The summed E-state index contributed by atoms with van der Waals surface area (Å²) in [7, 11) is 1.23. The number of ether oxygens (including phenoxy) is 1. The van der Waals surface area contributed by atoms with Gasteiger partial charge >= 0.3 is 12.1 Å². The third-order valence-electron chi connectivity index (χ3n) is 6.32. The highest BCUT2D eigenvalue weighted by molar-refractivity contribution is 5.91. The standard InChI is InChI=1S/C19H29N3O6/c1-19(2)8-11(15(23)21-19)7-13(17(25)28-3)20-16(24)14-12-6-4-5-10(12)9-22(14)18(26)27/h10-14H,4-9H2,1-3H3,(H,20,24)(H,21,23)(H,26,27)/t10-,11+,12-,13-,14-/m0/s1. The van der Waals surface area contributed by atoms with Crippen molar-refractivity contribution in [3.8, 4) is 0 Å². The number of amides is 3. The van der Waals surface area contributed by atoms with Gasteiger partial charge in [0.1, 0.15) is 12.1 Å². The SMILES string of the molecule is COC(=O)[C@H](C[C@@H]1CC(C)(C)NC1=O)NC(=O)[C@@H]1[C@H]2CCC[C@H]2CN1C(=O)O. The van der Waals surface area contributed by atoms with Gasteiger partial charge in [-0.15, -0.1) is 0 Å². The van der Waals surface area contributed by atoms with Gasteiger partial charge in [-0.3, -0.25) is 14.5 Å². The maximum atomic E-state index is 13.0. The molecule has 9 nitrogen and oxygen atoms in total. The number of carbonyl (C=O) groups is 4. The molecule has 3 rings (SSSR count). The van der Waals surface area contributed by atoms with Crippen molar-refractivity contribution in [2.24, 2.45) is 17.8 Å². The molecule has 5 atom stereocenters. The van der Waals surface area contributed by atoms with Crippen LogP contribution in [0.1, 0.15) is 46.0 Å². The van der Waals surface area contributed by atoms with Crippen LogP contribution in [0, 0.1) is 17.8 Å². The number of esters is 1. The molecule has 156 valence electrons. The Morgan fingerprint density at radius 3 is 2.64 bits per heavy atom. The molecule has 0 radical (unpaired) electrons. The van der Waals surface area contributed by atoms with Gasteiger partial charge in [-0.05, 0) is 51.4 Å². The number of hydrogen-bond acceptors (Lipinski definition) is 5. The van der Waals surface area contributed by atoms with Crippen LogP contribution in [-0.2, 0) is 19.1 Å². The largest absolute Gasteiger partial charge is 0.467 e. The summed E-state index contributed by atoms with van der Waals surface area (Å²) in [5.41, 5.74) is -0.366. The third kappa shape index (κ3) is 3.93. The molecule has 3 amide bonds. The predicted molar refractivity (Wildman–Crippen MR) is 98.2 cm³/mol. The summed E-state index contributed by atoms with van der Waals surface area (Å²) in [6.07, 6.45) is 2.24. The van der Waals surface area contributed by atoms with Crippen molar-refractivity contribution in [1.82, 2.24) is 15.5 Å². The number of methoxy groups -OCH3 is 1. The number of fused-ring (bicyclic) bond motifs is 1. The number of nitrogens with zero attached hydrogens (tertiary/aromatic N) is 1. The maximum Gasteiger partial charge on any atom is 0.407 e. The number of likely N-dealkylation sites (tertiary alicyclic amines) is 1. The van der Waals surface area contributed by atoms with E-state index in [4.69, 9.17) is 4.74 Å². The molecule has 0 aromatic carbocycles. The summed E-state index contributed by atoms with van der Waals surface area (Å²) in [5, 5.41) is 15.1. The Kier molecular flexibility index (Phi) is 5.54. The molecule has 0 unspecified atom stereocenters. The number of carbonyl (C=O) groups excluding carboxylic acids is 3. The van der Waals surface area contributed by atoms with E-state index in [1.54, 1.807) is 0 Å². The molecular weight excluding hydrogens is 366 g/mol. The molecule has 3 fully saturated rings. The molecule has 2 aliphatic heterocycles. The lowest BCUT2D eigenvalue weighted by Gasteiger charge is -2.27. The van der Waals surface area contributed by atoms with Gasteiger partial charge in [0.15, 0.2) is 0 Å². The van der Waals surface area contributed by atoms with Gasteiger partial charge < -0.3 is 20.5 Å². The Balaban J connectivity index is 1.73. The highest BCUT2D eigenvalue weighted by Gasteiger charge is 2.50. The van der Waals surface area contributed by atoms with Crippen LogP contribution in [0.3, 0.4) is 0 Å². The summed E-state index contributed by atoms with van der Waals surface area (Å²) in [4.78, 5) is 50.3. The molecule has 2 saturated heterocycles. The summed E-state index contributed by atoms with van der Waals surface area (Å²) in [5.74, 6) is -1.53. The van der Waals surface area contributed by atoms with Gasteiger partial charge in [0.2, 0.25) is 11.8 Å². The van der Waals surface area contributed by atoms with Crippen molar-refractivity contribution in [3.63, 3.8) is 0 Å². The molecule has 3 N–H and O–H groups in total. The van der Waals surface area contributed by atoms with Crippen molar-refractivity contribution < 1.29 is 29.0 Å². The Morgan fingerprint density at radius 2 is 2.07 bits per heavy atom. The summed E-state index contributed by atoms with van der Waals surface area (Å²) in [6.45, 7) is 4.15. The van der Waals surface area contributed by atoms with Crippen LogP contribution in [-0.4, -0.2) is 65.2 Å². The van der Waals surface area contributed by atoms with Crippen LogP contribution < -0.4 is 10.6 Å². The van der Waals surface area contributed by atoms with Crippen molar-refractivity contribution >= 4 is 23.9 Å². The molecular formula is C19H29N3O6. The lowest BCUT2D eigenvalue weighted by atomic mass is 9.90. The molecule has 1 saturated carbocycles. The Morgan fingerprint density at radius 1 is 1.36 bits per heavy atom. The summed E-state index contributed by atoms with van der Waals surface area (Å²) < 4.78 is 4.82. The third-order valence-corrected chi connectivity index (χ3v) is 6.32. The zero-order valence-corrected chi connectivity index (χ0v) is 16.6. The average Bonchev–Trinajstić information content (AvgIpc) is 3.25. The van der Waals surface area contributed by atoms with E-state index in [0.717, 1.165) is 19.3 Å². The van der Waals surface area contributed by atoms with Crippen LogP contribution in [0.5, 0.6) is 0 Å². The van der Waals surface area contributed by atoms with Crippen molar-refractivity contribution in [2.75, 3.05) is 13.7 Å². The second-order valence-corrected chi connectivity index (χ2v) is 8.83. The van der Waals surface area contributed by atoms with E-state index in [1.165, 1.54) is 12.0 Å². The second kappa shape index (κ2) is 7.60.